The van der Waals surface area contributed by atoms with Gasteiger partial charge in [-0.05, 0) is 72.9 Å². The highest BCUT2D eigenvalue weighted by Crippen LogP contribution is 2.30. The zero-order valence-corrected chi connectivity index (χ0v) is 20.8. The highest BCUT2D eigenvalue weighted by atomic mass is 16.5. The number of anilines is 1. The lowest BCUT2D eigenvalue weighted by Crippen LogP contribution is -2.36. The Bertz CT molecular complexity index is 1140. The van der Waals surface area contributed by atoms with E-state index in [1.165, 1.54) is 0 Å². The first-order chi connectivity index (χ1) is 16.5. The quantitative estimate of drug-likeness (QED) is 0.479. The van der Waals surface area contributed by atoms with E-state index in [0.29, 0.717) is 18.7 Å². The van der Waals surface area contributed by atoms with Gasteiger partial charge in [0.2, 0.25) is 0 Å². The lowest BCUT2D eigenvalue weighted by Gasteiger charge is -2.30. The molecule has 0 spiro atoms. The van der Waals surface area contributed by atoms with Crippen LogP contribution in [0, 0.1) is 6.92 Å². The molecule has 3 aromatic carbocycles. The number of hydrogen-bond donors (Lipinski definition) is 0. The van der Waals surface area contributed by atoms with E-state index < -0.39 is 0 Å². The number of methoxy groups -OCH3 is 1. The van der Waals surface area contributed by atoms with Crippen molar-refractivity contribution in [2.75, 3.05) is 25.6 Å². The maximum Gasteiger partial charge on any atom is 0.258 e. The predicted molar refractivity (Wildman–Crippen MR) is 138 cm³/mol. The molecule has 2 amide bonds. The highest BCUT2D eigenvalue weighted by molar-refractivity contribution is 6.08. The second kappa shape index (κ2) is 11.5. The van der Waals surface area contributed by atoms with Crippen molar-refractivity contribution in [2.45, 2.75) is 40.2 Å². The number of carbonyl (C=O) groups is 2. The predicted octanol–water partition coefficient (Wildman–Crippen LogP) is 5.90. The van der Waals surface area contributed by atoms with Crippen LogP contribution in [0.4, 0.5) is 5.69 Å². The Morgan fingerprint density at radius 3 is 2.38 bits per heavy atom. The van der Waals surface area contributed by atoms with Gasteiger partial charge in [0.1, 0.15) is 5.75 Å². The molecule has 0 saturated carbocycles. The fourth-order valence-corrected chi connectivity index (χ4v) is 4.20. The molecule has 178 valence electrons. The standard InChI is InChI=1S/C27H28N2O3.C2H6/c1-19-7-4-5-9-24(19)27(31)29-16-6-8-21-17-22(12-15-25(21)29)26(30)28(2)18-20-10-13-23(32-3)14-11-20;1-2/h4-5,7,9-15,17H,6,8,16,18H2,1-3H3;1-2H3. The molecule has 1 heterocycles. The van der Waals surface area contributed by atoms with E-state index >= 15 is 0 Å². The molecular weight excluding hydrogens is 424 g/mol. The smallest absolute Gasteiger partial charge is 0.258 e. The van der Waals surface area contributed by atoms with E-state index in [9.17, 15) is 9.59 Å². The number of aryl methyl sites for hydroxylation is 2. The monoisotopic (exact) mass is 458 g/mol. The average Bonchev–Trinajstić information content (AvgIpc) is 2.89. The summed E-state index contributed by atoms with van der Waals surface area (Å²) in [6.45, 7) is 7.15. The molecule has 0 unspecified atom stereocenters. The summed E-state index contributed by atoms with van der Waals surface area (Å²) in [5, 5.41) is 0. The van der Waals surface area contributed by atoms with Crippen LogP contribution in [0.15, 0.2) is 66.7 Å². The van der Waals surface area contributed by atoms with Gasteiger partial charge in [0, 0.05) is 37.0 Å². The second-order valence-electron chi connectivity index (χ2n) is 8.23. The molecule has 5 heteroatoms. The van der Waals surface area contributed by atoms with Crippen LogP contribution in [0.1, 0.15) is 57.7 Å². The molecule has 0 radical (unpaired) electrons. The van der Waals surface area contributed by atoms with E-state index in [0.717, 1.165) is 46.5 Å². The Labute approximate surface area is 203 Å². The van der Waals surface area contributed by atoms with Crippen LogP contribution in [0.3, 0.4) is 0 Å². The Balaban J connectivity index is 0.00000158. The Kier molecular flexibility index (Phi) is 8.47. The normalized spacial score (nSPS) is 12.2. The summed E-state index contributed by atoms with van der Waals surface area (Å²) in [7, 11) is 3.44. The van der Waals surface area contributed by atoms with Gasteiger partial charge in [-0.3, -0.25) is 9.59 Å². The maximum atomic E-state index is 13.2. The molecule has 0 fully saturated rings. The van der Waals surface area contributed by atoms with Crippen LogP contribution < -0.4 is 9.64 Å². The number of hydrogen-bond acceptors (Lipinski definition) is 3. The van der Waals surface area contributed by atoms with Crippen molar-refractivity contribution in [3.63, 3.8) is 0 Å². The fraction of sp³-hybridized carbons (Fsp3) is 0.310. The number of fused-ring (bicyclic) bond motifs is 1. The Morgan fingerprint density at radius 1 is 1.00 bits per heavy atom. The number of ether oxygens (including phenoxy) is 1. The zero-order chi connectivity index (χ0) is 24.7. The van der Waals surface area contributed by atoms with Gasteiger partial charge in [-0.1, -0.05) is 44.2 Å². The molecule has 1 aliphatic rings. The van der Waals surface area contributed by atoms with Gasteiger partial charge in [-0.25, -0.2) is 0 Å². The van der Waals surface area contributed by atoms with Crippen LogP contribution in [-0.4, -0.2) is 37.4 Å². The minimum absolute atomic E-state index is 0.0137. The molecule has 0 aliphatic carbocycles. The van der Waals surface area contributed by atoms with Crippen LogP contribution in [0.2, 0.25) is 0 Å². The topological polar surface area (TPSA) is 49.9 Å². The Morgan fingerprint density at radius 2 is 1.71 bits per heavy atom. The largest absolute Gasteiger partial charge is 0.497 e. The first kappa shape index (κ1) is 25.0. The number of benzene rings is 3. The molecule has 5 nitrogen and oxygen atoms in total. The lowest BCUT2D eigenvalue weighted by atomic mass is 9.97. The molecular formula is C29H34N2O3. The van der Waals surface area contributed by atoms with E-state index in [1.807, 2.05) is 92.4 Å². The van der Waals surface area contributed by atoms with E-state index in [1.54, 1.807) is 19.1 Å². The van der Waals surface area contributed by atoms with Crippen LogP contribution in [0.25, 0.3) is 0 Å². The van der Waals surface area contributed by atoms with Gasteiger partial charge in [-0.2, -0.15) is 0 Å². The molecule has 4 rings (SSSR count). The van der Waals surface area contributed by atoms with Gasteiger partial charge in [0.15, 0.2) is 0 Å². The van der Waals surface area contributed by atoms with E-state index in [2.05, 4.69) is 0 Å². The summed E-state index contributed by atoms with van der Waals surface area (Å²) >= 11 is 0. The van der Waals surface area contributed by atoms with Gasteiger partial charge in [-0.15, -0.1) is 0 Å². The van der Waals surface area contributed by atoms with Crippen molar-refractivity contribution in [1.82, 2.24) is 4.90 Å². The third-order valence-corrected chi connectivity index (χ3v) is 5.99. The van der Waals surface area contributed by atoms with Crippen molar-refractivity contribution in [3.05, 3.63) is 94.5 Å². The second-order valence-corrected chi connectivity index (χ2v) is 8.23. The van der Waals surface area contributed by atoms with E-state index in [4.69, 9.17) is 4.74 Å². The third kappa shape index (κ3) is 5.48. The minimum atomic E-state index is -0.0361. The summed E-state index contributed by atoms with van der Waals surface area (Å²) in [6.07, 6.45) is 1.74. The van der Waals surface area contributed by atoms with Crippen LogP contribution in [-0.2, 0) is 13.0 Å². The summed E-state index contributed by atoms with van der Waals surface area (Å²) < 4.78 is 5.20. The number of rotatable bonds is 5. The summed E-state index contributed by atoms with van der Waals surface area (Å²) in [4.78, 5) is 29.8. The maximum absolute atomic E-state index is 13.2. The van der Waals surface area contributed by atoms with Crippen LogP contribution in [0.5, 0.6) is 5.75 Å². The highest BCUT2D eigenvalue weighted by Gasteiger charge is 2.25. The lowest BCUT2D eigenvalue weighted by molar-refractivity contribution is 0.0785. The number of carbonyl (C=O) groups excluding carboxylic acids is 2. The molecule has 3 aromatic rings. The van der Waals surface area contributed by atoms with Crippen molar-refractivity contribution in [3.8, 4) is 5.75 Å². The van der Waals surface area contributed by atoms with Gasteiger partial charge in [0.25, 0.3) is 11.8 Å². The molecule has 1 aliphatic heterocycles. The average molecular weight is 459 g/mol. The van der Waals surface area contributed by atoms with Crippen LogP contribution >= 0.6 is 0 Å². The first-order valence-electron chi connectivity index (χ1n) is 11.9. The van der Waals surface area contributed by atoms with Crippen molar-refractivity contribution >= 4 is 17.5 Å². The summed E-state index contributed by atoms with van der Waals surface area (Å²) in [6, 6.07) is 21.1. The third-order valence-electron chi connectivity index (χ3n) is 5.99. The zero-order valence-electron chi connectivity index (χ0n) is 20.8. The number of nitrogens with zero attached hydrogens (tertiary/aromatic N) is 2. The number of amides is 2. The molecule has 0 bridgehead atoms. The van der Waals surface area contributed by atoms with Gasteiger partial charge >= 0.3 is 0 Å². The summed E-state index contributed by atoms with van der Waals surface area (Å²) in [5.41, 5.74) is 5.32. The van der Waals surface area contributed by atoms with Crippen molar-refractivity contribution in [1.29, 1.82) is 0 Å². The molecule has 0 atom stereocenters. The molecule has 34 heavy (non-hydrogen) atoms. The first-order valence-corrected chi connectivity index (χ1v) is 11.9. The minimum Gasteiger partial charge on any atom is -0.497 e. The summed E-state index contributed by atoms with van der Waals surface area (Å²) in [5.74, 6) is 0.771. The Hall–Kier alpha value is -3.60. The van der Waals surface area contributed by atoms with Crippen molar-refractivity contribution in [2.24, 2.45) is 0 Å². The molecule has 0 N–H and O–H groups in total. The molecule has 0 saturated heterocycles. The van der Waals surface area contributed by atoms with Crippen molar-refractivity contribution < 1.29 is 14.3 Å². The van der Waals surface area contributed by atoms with E-state index in [-0.39, 0.29) is 11.8 Å². The SMILES string of the molecule is CC.COc1ccc(CN(C)C(=O)c2ccc3c(c2)CCCN3C(=O)c2ccccc2C)cc1. The molecule has 0 aromatic heterocycles. The van der Waals surface area contributed by atoms with Gasteiger partial charge < -0.3 is 14.5 Å². The van der Waals surface area contributed by atoms with Gasteiger partial charge in [0.05, 0.1) is 7.11 Å². The fourth-order valence-electron chi connectivity index (χ4n) is 4.20.